The molecule has 1 N–H and O–H groups in total. The zero-order chi connectivity index (χ0) is 14.0. The molecular formula is C17H19BrO. The van der Waals surface area contributed by atoms with Crippen LogP contribution in [0.4, 0.5) is 0 Å². The first-order chi connectivity index (χ1) is 8.99. The molecule has 0 fully saturated rings. The van der Waals surface area contributed by atoms with E-state index in [0.717, 1.165) is 15.6 Å². The number of aliphatic hydroxyl groups excluding tert-OH is 1. The van der Waals surface area contributed by atoms with Gasteiger partial charge in [0.25, 0.3) is 0 Å². The van der Waals surface area contributed by atoms with Gasteiger partial charge in [-0.2, -0.15) is 0 Å². The first-order valence-corrected chi connectivity index (χ1v) is 7.27. The van der Waals surface area contributed by atoms with Gasteiger partial charge in [0.2, 0.25) is 0 Å². The molecule has 0 aliphatic rings. The highest BCUT2D eigenvalue weighted by Crippen LogP contribution is 2.29. The fourth-order valence-electron chi connectivity index (χ4n) is 2.19. The van der Waals surface area contributed by atoms with Crippen molar-refractivity contribution in [2.45, 2.75) is 33.3 Å². The zero-order valence-electron chi connectivity index (χ0n) is 11.6. The summed E-state index contributed by atoms with van der Waals surface area (Å²) >= 11 is 3.56. The SMILES string of the molecule is Cc1ccc(CC(O)c2cccc(C)c2Br)cc1C. The van der Waals surface area contributed by atoms with Gasteiger partial charge >= 0.3 is 0 Å². The summed E-state index contributed by atoms with van der Waals surface area (Å²) in [4.78, 5) is 0. The maximum atomic E-state index is 10.4. The van der Waals surface area contributed by atoms with Crippen LogP contribution in [0.15, 0.2) is 40.9 Å². The second kappa shape index (κ2) is 5.89. The van der Waals surface area contributed by atoms with Crippen LogP contribution in [-0.4, -0.2) is 5.11 Å². The molecule has 0 bridgehead atoms. The number of halogens is 1. The quantitative estimate of drug-likeness (QED) is 0.873. The van der Waals surface area contributed by atoms with Gasteiger partial charge in [-0.05, 0) is 48.6 Å². The summed E-state index contributed by atoms with van der Waals surface area (Å²) in [6.45, 7) is 6.25. The Labute approximate surface area is 123 Å². The highest BCUT2D eigenvalue weighted by atomic mass is 79.9. The van der Waals surface area contributed by atoms with Crippen LogP contribution in [0.3, 0.4) is 0 Å². The van der Waals surface area contributed by atoms with E-state index in [4.69, 9.17) is 0 Å². The minimum atomic E-state index is -0.476. The molecule has 2 aromatic carbocycles. The summed E-state index contributed by atoms with van der Waals surface area (Å²) in [5.74, 6) is 0. The van der Waals surface area contributed by atoms with E-state index < -0.39 is 6.10 Å². The van der Waals surface area contributed by atoms with Crippen LogP contribution in [0.25, 0.3) is 0 Å². The summed E-state index contributed by atoms with van der Waals surface area (Å²) in [7, 11) is 0. The van der Waals surface area contributed by atoms with Gasteiger partial charge < -0.3 is 5.11 Å². The zero-order valence-corrected chi connectivity index (χ0v) is 13.2. The van der Waals surface area contributed by atoms with E-state index in [1.807, 2.05) is 25.1 Å². The molecule has 0 spiro atoms. The Balaban J connectivity index is 2.23. The molecule has 1 atom stereocenters. The normalized spacial score (nSPS) is 12.5. The Morgan fingerprint density at radius 2 is 1.74 bits per heavy atom. The Morgan fingerprint density at radius 3 is 2.42 bits per heavy atom. The van der Waals surface area contributed by atoms with E-state index >= 15 is 0 Å². The molecule has 0 aliphatic carbocycles. The summed E-state index contributed by atoms with van der Waals surface area (Å²) in [5.41, 5.74) is 5.84. The molecule has 0 amide bonds. The number of benzene rings is 2. The van der Waals surface area contributed by atoms with Gasteiger partial charge in [-0.15, -0.1) is 0 Å². The molecule has 0 aliphatic heterocycles. The number of aryl methyl sites for hydroxylation is 3. The van der Waals surface area contributed by atoms with Crippen LogP contribution < -0.4 is 0 Å². The third-order valence-electron chi connectivity index (χ3n) is 3.58. The maximum Gasteiger partial charge on any atom is 0.0841 e. The predicted molar refractivity (Wildman–Crippen MR) is 83.5 cm³/mol. The monoisotopic (exact) mass is 318 g/mol. The molecule has 0 aromatic heterocycles. The van der Waals surface area contributed by atoms with Gasteiger partial charge in [-0.3, -0.25) is 0 Å². The van der Waals surface area contributed by atoms with Crippen LogP contribution in [0, 0.1) is 20.8 Å². The smallest absolute Gasteiger partial charge is 0.0841 e. The minimum absolute atomic E-state index is 0.476. The molecule has 0 saturated heterocycles. The Bertz CT molecular complexity index is 590. The van der Waals surface area contributed by atoms with Crippen LogP contribution in [-0.2, 0) is 6.42 Å². The standard InChI is InChI=1S/C17H19BrO/c1-11-7-8-14(9-13(11)3)10-16(19)15-6-4-5-12(2)17(15)18/h4-9,16,19H,10H2,1-3H3. The molecule has 100 valence electrons. The number of hydrogen-bond acceptors (Lipinski definition) is 1. The highest BCUT2D eigenvalue weighted by molar-refractivity contribution is 9.10. The molecule has 1 nitrogen and oxygen atoms in total. The van der Waals surface area contributed by atoms with Crippen LogP contribution >= 0.6 is 15.9 Å². The summed E-state index contributed by atoms with van der Waals surface area (Å²) in [6.07, 6.45) is 0.166. The van der Waals surface area contributed by atoms with E-state index in [1.54, 1.807) is 0 Å². The maximum absolute atomic E-state index is 10.4. The molecule has 2 aromatic rings. The lowest BCUT2D eigenvalue weighted by Gasteiger charge is -2.15. The summed E-state index contributed by atoms with van der Waals surface area (Å²) in [6, 6.07) is 12.4. The van der Waals surface area contributed by atoms with E-state index in [0.29, 0.717) is 6.42 Å². The molecule has 2 rings (SSSR count). The van der Waals surface area contributed by atoms with E-state index in [2.05, 4.69) is 48.0 Å². The Kier molecular flexibility index (Phi) is 4.43. The van der Waals surface area contributed by atoms with Crippen molar-refractivity contribution in [1.29, 1.82) is 0 Å². The fraction of sp³-hybridized carbons (Fsp3) is 0.294. The number of rotatable bonds is 3. The average molecular weight is 319 g/mol. The minimum Gasteiger partial charge on any atom is -0.388 e. The lowest BCUT2D eigenvalue weighted by molar-refractivity contribution is 0.177. The third kappa shape index (κ3) is 3.26. The lowest BCUT2D eigenvalue weighted by atomic mass is 9.97. The van der Waals surface area contributed by atoms with Crippen LogP contribution in [0.2, 0.25) is 0 Å². The van der Waals surface area contributed by atoms with Crippen molar-refractivity contribution in [2.75, 3.05) is 0 Å². The predicted octanol–water partition coefficient (Wildman–Crippen LogP) is 4.65. The molecule has 0 heterocycles. The second-order valence-electron chi connectivity index (χ2n) is 5.12. The van der Waals surface area contributed by atoms with Crippen molar-refractivity contribution in [3.8, 4) is 0 Å². The number of hydrogen-bond donors (Lipinski definition) is 1. The Hall–Kier alpha value is -1.12. The summed E-state index contributed by atoms with van der Waals surface area (Å²) < 4.78 is 1.01. The number of aliphatic hydroxyl groups is 1. The van der Waals surface area contributed by atoms with E-state index in [1.165, 1.54) is 16.7 Å². The van der Waals surface area contributed by atoms with Crippen molar-refractivity contribution < 1.29 is 5.11 Å². The van der Waals surface area contributed by atoms with Gasteiger partial charge in [0, 0.05) is 10.9 Å². The van der Waals surface area contributed by atoms with Gasteiger partial charge in [0.15, 0.2) is 0 Å². The van der Waals surface area contributed by atoms with E-state index in [9.17, 15) is 5.11 Å². The lowest BCUT2D eigenvalue weighted by Crippen LogP contribution is -2.04. The molecule has 2 heteroatoms. The first kappa shape index (κ1) is 14.3. The average Bonchev–Trinajstić information content (AvgIpc) is 2.37. The van der Waals surface area contributed by atoms with Crippen LogP contribution in [0.1, 0.15) is 33.9 Å². The van der Waals surface area contributed by atoms with Gasteiger partial charge in [-0.25, -0.2) is 0 Å². The molecule has 0 radical (unpaired) electrons. The van der Waals surface area contributed by atoms with Gasteiger partial charge in [0.1, 0.15) is 0 Å². The van der Waals surface area contributed by atoms with Crippen molar-refractivity contribution in [3.63, 3.8) is 0 Å². The molecule has 0 saturated carbocycles. The van der Waals surface area contributed by atoms with Crippen molar-refractivity contribution in [1.82, 2.24) is 0 Å². The van der Waals surface area contributed by atoms with Crippen molar-refractivity contribution >= 4 is 15.9 Å². The van der Waals surface area contributed by atoms with Crippen molar-refractivity contribution in [3.05, 3.63) is 68.7 Å². The van der Waals surface area contributed by atoms with Crippen LogP contribution in [0.5, 0.6) is 0 Å². The summed E-state index contributed by atoms with van der Waals surface area (Å²) in [5, 5.41) is 10.4. The third-order valence-corrected chi connectivity index (χ3v) is 4.66. The molecule has 19 heavy (non-hydrogen) atoms. The van der Waals surface area contributed by atoms with Crippen molar-refractivity contribution in [2.24, 2.45) is 0 Å². The Morgan fingerprint density at radius 1 is 1.00 bits per heavy atom. The highest BCUT2D eigenvalue weighted by Gasteiger charge is 2.13. The van der Waals surface area contributed by atoms with Gasteiger partial charge in [0.05, 0.1) is 6.10 Å². The largest absolute Gasteiger partial charge is 0.388 e. The van der Waals surface area contributed by atoms with E-state index in [-0.39, 0.29) is 0 Å². The molecule has 1 unspecified atom stereocenters. The second-order valence-corrected chi connectivity index (χ2v) is 5.91. The topological polar surface area (TPSA) is 20.2 Å². The molecular weight excluding hydrogens is 300 g/mol. The van der Waals surface area contributed by atoms with Gasteiger partial charge in [-0.1, -0.05) is 52.3 Å². The first-order valence-electron chi connectivity index (χ1n) is 6.48. The fourth-order valence-corrected chi connectivity index (χ4v) is 2.72.